The SMILES string of the molecule is CCCC[C@]1(C(=O)OCC)C[C@@H](CN2CCOCC2)OC1=O. The smallest absolute Gasteiger partial charge is 0.323 e. The quantitative estimate of drug-likeness (QED) is 0.522. The Hall–Kier alpha value is -1.14. The van der Waals surface area contributed by atoms with Gasteiger partial charge in [0.15, 0.2) is 5.41 Å². The van der Waals surface area contributed by atoms with E-state index in [0.717, 1.165) is 25.9 Å². The van der Waals surface area contributed by atoms with Gasteiger partial charge in [-0.25, -0.2) is 0 Å². The number of unbranched alkanes of at least 4 members (excludes halogenated alkanes) is 1. The second kappa shape index (κ2) is 7.92. The first-order valence-corrected chi connectivity index (χ1v) is 8.30. The molecule has 6 nitrogen and oxygen atoms in total. The summed E-state index contributed by atoms with van der Waals surface area (Å²) in [6.45, 7) is 7.86. The van der Waals surface area contributed by atoms with Crippen LogP contribution in [0, 0.1) is 5.41 Å². The second-order valence-electron chi connectivity index (χ2n) is 6.05. The highest BCUT2D eigenvalue weighted by Crippen LogP contribution is 2.40. The largest absolute Gasteiger partial charge is 0.465 e. The van der Waals surface area contributed by atoms with Crippen molar-refractivity contribution >= 4 is 11.9 Å². The molecule has 2 saturated heterocycles. The van der Waals surface area contributed by atoms with Crippen LogP contribution < -0.4 is 0 Å². The van der Waals surface area contributed by atoms with Crippen LogP contribution >= 0.6 is 0 Å². The third-order valence-electron chi connectivity index (χ3n) is 4.43. The number of nitrogens with zero attached hydrogens (tertiary/aromatic N) is 1. The number of morpholine rings is 1. The number of cyclic esters (lactones) is 1. The molecule has 0 aromatic carbocycles. The van der Waals surface area contributed by atoms with Gasteiger partial charge in [-0.15, -0.1) is 0 Å². The molecule has 0 saturated carbocycles. The highest BCUT2D eigenvalue weighted by Gasteiger charge is 2.55. The first-order chi connectivity index (χ1) is 10.6. The molecule has 0 bridgehead atoms. The van der Waals surface area contributed by atoms with Gasteiger partial charge in [-0.2, -0.15) is 0 Å². The van der Waals surface area contributed by atoms with E-state index in [1.54, 1.807) is 6.92 Å². The zero-order chi connectivity index (χ0) is 16.0. The van der Waals surface area contributed by atoms with Crippen LogP contribution in [0.4, 0.5) is 0 Å². The van der Waals surface area contributed by atoms with Gasteiger partial charge in [-0.1, -0.05) is 19.8 Å². The van der Waals surface area contributed by atoms with E-state index in [-0.39, 0.29) is 12.7 Å². The molecule has 6 heteroatoms. The average molecular weight is 313 g/mol. The lowest BCUT2D eigenvalue weighted by atomic mass is 9.80. The number of rotatable bonds is 7. The Kier molecular flexibility index (Phi) is 6.20. The average Bonchev–Trinajstić information content (AvgIpc) is 2.83. The third kappa shape index (κ3) is 3.79. The summed E-state index contributed by atoms with van der Waals surface area (Å²) in [7, 11) is 0. The lowest BCUT2D eigenvalue weighted by Crippen LogP contribution is -2.41. The number of esters is 2. The Morgan fingerprint density at radius 2 is 2.09 bits per heavy atom. The molecule has 22 heavy (non-hydrogen) atoms. The molecule has 126 valence electrons. The van der Waals surface area contributed by atoms with Crippen molar-refractivity contribution in [3.8, 4) is 0 Å². The van der Waals surface area contributed by atoms with Gasteiger partial charge in [0.05, 0.1) is 19.8 Å². The zero-order valence-corrected chi connectivity index (χ0v) is 13.6. The standard InChI is InChI=1S/C16H27NO5/c1-3-5-6-16(14(18)21-4-2)11-13(22-15(16)19)12-17-7-9-20-10-8-17/h13H,3-12H2,1-2H3/t13-,16+/m0/s1. The van der Waals surface area contributed by atoms with Gasteiger partial charge in [-0.3, -0.25) is 14.5 Å². The van der Waals surface area contributed by atoms with Crippen molar-refractivity contribution < 1.29 is 23.8 Å². The molecule has 2 aliphatic rings. The molecule has 2 heterocycles. The summed E-state index contributed by atoms with van der Waals surface area (Å²) in [6.07, 6.45) is 2.47. The number of carbonyl (C=O) groups excluding carboxylic acids is 2. The summed E-state index contributed by atoms with van der Waals surface area (Å²) in [6, 6.07) is 0. The summed E-state index contributed by atoms with van der Waals surface area (Å²) >= 11 is 0. The van der Waals surface area contributed by atoms with E-state index in [1.807, 2.05) is 6.92 Å². The molecule has 0 spiro atoms. The van der Waals surface area contributed by atoms with Gasteiger partial charge in [0.1, 0.15) is 6.10 Å². The van der Waals surface area contributed by atoms with Crippen molar-refractivity contribution in [2.75, 3.05) is 39.5 Å². The van der Waals surface area contributed by atoms with Crippen LogP contribution in [0.3, 0.4) is 0 Å². The van der Waals surface area contributed by atoms with Crippen LogP contribution in [0.1, 0.15) is 39.5 Å². The topological polar surface area (TPSA) is 65.1 Å². The first-order valence-electron chi connectivity index (χ1n) is 8.30. The Morgan fingerprint density at radius 1 is 1.36 bits per heavy atom. The van der Waals surface area contributed by atoms with Crippen molar-refractivity contribution in [2.24, 2.45) is 5.41 Å². The summed E-state index contributed by atoms with van der Waals surface area (Å²) in [5.41, 5.74) is -1.09. The maximum Gasteiger partial charge on any atom is 0.323 e. The maximum atomic E-state index is 12.4. The van der Waals surface area contributed by atoms with Crippen LogP contribution in [0.5, 0.6) is 0 Å². The van der Waals surface area contributed by atoms with E-state index in [9.17, 15) is 9.59 Å². The Labute approximate surface area is 132 Å². The highest BCUT2D eigenvalue weighted by molar-refractivity contribution is 6.01. The number of ether oxygens (including phenoxy) is 3. The predicted octanol–water partition coefficient (Wildman–Crippen LogP) is 1.37. The summed E-state index contributed by atoms with van der Waals surface area (Å²) in [5, 5.41) is 0. The van der Waals surface area contributed by atoms with Crippen LogP contribution in [0.2, 0.25) is 0 Å². The molecular weight excluding hydrogens is 286 g/mol. The number of carbonyl (C=O) groups is 2. The highest BCUT2D eigenvalue weighted by atomic mass is 16.6. The van der Waals surface area contributed by atoms with Crippen LogP contribution in [0.25, 0.3) is 0 Å². The van der Waals surface area contributed by atoms with Gasteiger partial charge in [0, 0.05) is 26.1 Å². The Bertz CT molecular complexity index is 394. The molecule has 0 unspecified atom stereocenters. The zero-order valence-electron chi connectivity index (χ0n) is 13.6. The first kappa shape index (κ1) is 17.2. The lowest BCUT2D eigenvalue weighted by Gasteiger charge is -2.28. The van der Waals surface area contributed by atoms with Gasteiger partial charge in [0.2, 0.25) is 0 Å². The molecule has 2 aliphatic heterocycles. The Morgan fingerprint density at radius 3 is 2.73 bits per heavy atom. The van der Waals surface area contributed by atoms with Crippen molar-refractivity contribution in [2.45, 2.75) is 45.6 Å². The molecule has 2 atom stereocenters. The molecule has 0 amide bonds. The molecule has 2 rings (SSSR count). The number of hydrogen-bond donors (Lipinski definition) is 0. The summed E-state index contributed by atoms with van der Waals surface area (Å²) < 4.78 is 16.0. The van der Waals surface area contributed by atoms with Gasteiger partial charge >= 0.3 is 11.9 Å². The minimum Gasteiger partial charge on any atom is -0.465 e. The van der Waals surface area contributed by atoms with E-state index in [1.165, 1.54) is 0 Å². The maximum absolute atomic E-state index is 12.4. The van der Waals surface area contributed by atoms with E-state index in [0.29, 0.717) is 32.6 Å². The lowest BCUT2D eigenvalue weighted by molar-refractivity contribution is -0.165. The fraction of sp³-hybridized carbons (Fsp3) is 0.875. The van der Waals surface area contributed by atoms with Crippen LogP contribution in [-0.2, 0) is 23.8 Å². The third-order valence-corrected chi connectivity index (χ3v) is 4.43. The van der Waals surface area contributed by atoms with E-state index >= 15 is 0 Å². The molecule has 0 radical (unpaired) electrons. The van der Waals surface area contributed by atoms with Crippen molar-refractivity contribution in [1.29, 1.82) is 0 Å². The van der Waals surface area contributed by atoms with Crippen molar-refractivity contribution in [3.05, 3.63) is 0 Å². The molecule has 0 aromatic rings. The van der Waals surface area contributed by atoms with Crippen LogP contribution in [-0.4, -0.2) is 62.4 Å². The van der Waals surface area contributed by atoms with Crippen LogP contribution in [0.15, 0.2) is 0 Å². The van der Waals surface area contributed by atoms with E-state index < -0.39 is 17.4 Å². The molecule has 0 aliphatic carbocycles. The monoisotopic (exact) mass is 313 g/mol. The van der Waals surface area contributed by atoms with Crippen molar-refractivity contribution in [1.82, 2.24) is 4.90 Å². The fourth-order valence-electron chi connectivity index (χ4n) is 3.17. The van der Waals surface area contributed by atoms with Gasteiger partial charge < -0.3 is 14.2 Å². The van der Waals surface area contributed by atoms with Gasteiger partial charge in [-0.05, 0) is 13.3 Å². The molecule has 2 fully saturated rings. The second-order valence-corrected chi connectivity index (χ2v) is 6.05. The molecule has 0 N–H and O–H groups in total. The molecular formula is C16H27NO5. The van der Waals surface area contributed by atoms with E-state index in [2.05, 4.69) is 4.90 Å². The predicted molar refractivity (Wildman–Crippen MR) is 80.3 cm³/mol. The van der Waals surface area contributed by atoms with Gasteiger partial charge in [0.25, 0.3) is 0 Å². The normalized spacial score (nSPS) is 29.4. The Balaban J connectivity index is 2.02. The summed E-state index contributed by atoms with van der Waals surface area (Å²) in [4.78, 5) is 27.0. The number of hydrogen-bond acceptors (Lipinski definition) is 6. The summed E-state index contributed by atoms with van der Waals surface area (Å²) in [5.74, 6) is -0.824. The molecule has 0 aromatic heterocycles. The van der Waals surface area contributed by atoms with Crippen molar-refractivity contribution in [3.63, 3.8) is 0 Å². The van der Waals surface area contributed by atoms with E-state index in [4.69, 9.17) is 14.2 Å². The minimum absolute atomic E-state index is 0.230. The minimum atomic E-state index is -1.09. The fourth-order valence-corrected chi connectivity index (χ4v) is 3.17.